The van der Waals surface area contributed by atoms with Crippen LogP contribution in [0.25, 0.3) is 73.0 Å². The predicted molar refractivity (Wildman–Crippen MR) is 157 cm³/mol. The second-order valence-electron chi connectivity index (χ2n) is 9.78. The minimum atomic E-state index is 0.621. The van der Waals surface area contributed by atoms with Gasteiger partial charge in [-0.25, -0.2) is 15.0 Å². The second-order valence-corrected chi connectivity index (χ2v) is 9.78. The van der Waals surface area contributed by atoms with E-state index < -0.39 is 0 Å². The van der Waals surface area contributed by atoms with Crippen LogP contribution in [-0.2, 0) is 6.54 Å². The summed E-state index contributed by atoms with van der Waals surface area (Å²) in [4.78, 5) is 15.0. The van der Waals surface area contributed by atoms with Gasteiger partial charge in [-0.1, -0.05) is 78.9 Å². The lowest BCUT2D eigenvalue weighted by Gasteiger charge is -2.12. The van der Waals surface area contributed by atoms with Crippen LogP contribution in [0.5, 0.6) is 0 Å². The molecule has 0 bridgehead atoms. The van der Waals surface area contributed by atoms with Gasteiger partial charge in [0.15, 0.2) is 17.5 Å². The molecule has 39 heavy (non-hydrogen) atoms. The highest BCUT2D eigenvalue weighted by atomic mass is 16.3. The van der Waals surface area contributed by atoms with Gasteiger partial charge in [0.2, 0.25) is 0 Å². The van der Waals surface area contributed by atoms with E-state index in [0.717, 1.165) is 50.6 Å². The summed E-state index contributed by atoms with van der Waals surface area (Å²) >= 11 is 0. The van der Waals surface area contributed by atoms with E-state index >= 15 is 0 Å². The SMILES string of the molecule is C1=Cc2cc3oc4cccc(-c5nc(-c6ccccc6)nc(-c6ccc7ccccc7c6)n5)c4c3cc2CN1. The Hall–Kier alpha value is -5.29. The van der Waals surface area contributed by atoms with Crippen molar-refractivity contribution in [2.75, 3.05) is 0 Å². The highest BCUT2D eigenvalue weighted by Crippen LogP contribution is 2.38. The molecule has 0 spiro atoms. The fourth-order valence-electron chi connectivity index (χ4n) is 5.42. The van der Waals surface area contributed by atoms with Crippen LogP contribution in [0.2, 0.25) is 0 Å². The monoisotopic (exact) mass is 502 g/mol. The average Bonchev–Trinajstić information content (AvgIpc) is 3.37. The zero-order chi connectivity index (χ0) is 25.8. The van der Waals surface area contributed by atoms with Crippen molar-refractivity contribution in [3.05, 3.63) is 120 Å². The second kappa shape index (κ2) is 8.64. The molecule has 0 amide bonds. The molecule has 0 aliphatic carbocycles. The molecule has 0 radical (unpaired) electrons. The summed E-state index contributed by atoms with van der Waals surface area (Å²) in [7, 11) is 0. The summed E-state index contributed by atoms with van der Waals surface area (Å²) in [5.41, 5.74) is 6.90. The Balaban J connectivity index is 1.39. The van der Waals surface area contributed by atoms with Crippen LogP contribution in [0.1, 0.15) is 11.1 Å². The summed E-state index contributed by atoms with van der Waals surface area (Å²) in [6.45, 7) is 0.784. The molecule has 1 N–H and O–H groups in total. The Morgan fingerprint density at radius 3 is 2.31 bits per heavy atom. The average molecular weight is 503 g/mol. The van der Waals surface area contributed by atoms with Gasteiger partial charge in [-0.2, -0.15) is 0 Å². The molecule has 5 heteroatoms. The quantitative estimate of drug-likeness (QED) is 0.265. The van der Waals surface area contributed by atoms with Gasteiger partial charge in [0.05, 0.1) is 0 Å². The highest BCUT2D eigenvalue weighted by molar-refractivity contribution is 6.12. The molecule has 2 aromatic heterocycles. The molecule has 7 aromatic rings. The maximum absolute atomic E-state index is 6.33. The third-order valence-corrected chi connectivity index (χ3v) is 7.35. The summed E-state index contributed by atoms with van der Waals surface area (Å²) in [6.07, 6.45) is 4.06. The van der Waals surface area contributed by atoms with Crippen molar-refractivity contribution in [3.8, 4) is 34.2 Å². The molecule has 0 fully saturated rings. The summed E-state index contributed by atoms with van der Waals surface area (Å²) in [5, 5.41) is 7.71. The molecular formula is C34H22N4O. The van der Waals surface area contributed by atoms with Gasteiger partial charge in [0.1, 0.15) is 11.2 Å². The zero-order valence-electron chi connectivity index (χ0n) is 20.9. The van der Waals surface area contributed by atoms with Crippen LogP contribution in [0.15, 0.2) is 114 Å². The number of nitrogens with zero attached hydrogens (tertiary/aromatic N) is 3. The van der Waals surface area contributed by atoms with Crippen LogP contribution in [0.3, 0.4) is 0 Å². The van der Waals surface area contributed by atoms with E-state index in [2.05, 4.69) is 72.1 Å². The van der Waals surface area contributed by atoms with Crippen LogP contribution < -0.4 is 5.32 Å². The van der Waals surface area contributed by atoms with E-state index in [4.69, 9.17) is 19.4 Å². The molecule has 3 heterocycles. The van der Waals surface area contributed by atoms with Gasteiger partial charge in [-0.3, -0.25) is 0 Å². The zero-order valence-corrected chi connectivity index (χ0v) is 20.9. The standard InChI is InChI=1S/C34H22N4O/c1-2-8-22(9-3-1)32-36-33(25-14-13-21-7-4-5-10-23(21)17-25)38-34(37-32)27-11-6-12-29-31(27)28-18-26-20-35-16-15-24(26)19-30(28)39-29/h1-19,35H,20H2. The van der Waals surface area contributed by atoms with Crippen LogP contribution in [0, 0.1) is 0 Å². The number of rotatable bonds is 3. The topological polar surface area (TPSA) is 63.8 Å². The first-order valence-corrected chi connectivity index (χ1v) is 13.0. The van der Waals surface area contributed by atoms with Gasteiger partial charge in [-0.05, 0) is 58.4 Å². The third kappa shape index (κ3) is 3.67. The molecule has 184 valence electrons. The van der Waals surface area contributed by atoms with Gasteiger partial charge < -0.3 is 9.73 Å². The van der Waals surface area contributed by atoms with E-state index in [-0.39, 0.29) is 0 Å². The first kappa shape index (κ1) is 21.8. The van der Waals surface area contributed by atoms with Crippen molar-refractivity contribution in [3.63, 3.8) is 0 Å². The number of nitrogens with one attached hydrogen (secondary N) is 1. The van der Waals surface area contributed by atoms with E-state index in [0.29, 0.717) is 17.5 Å². The fourth-order valence-corrected chi connectivity index (χ4v) is 5.42. The van der Waals surface area contributed by atoms with Crippen LogP contribution >= 0.6 is 0 Å². The summed E-state index contributed by atoms with van der Waals surface area (Å²) < 4.78 is 6.33. The molecule has 5 nitrogen and oxygen atoms in total. The van der Waals surface area contributed by atoms with Gasteiger partial charge in [-0.15, -0.1) is 0 Å². The van der Waals surface area contributed by atoms with Crippen molar-refractivity contribution in [1.82, 2.24) is 20.3 Å². The highest BCUT2D eigenvalue weighted by Gasteiger charge is 2.19. The van der Waals surface area contributed by atoms with Gasteiger partial charge in [0, 0.05) is 34.0 Å². The lowest BCUT2D eigenvalue weighted by Crippen LogP contribution is -2.09. The summed E-state index contributed by atoms with van der Waals surface area (Å²) in [6, 6.07) is 35.2. The molecule has 0 saturated heterocycles. The molecule has 0 unspecified atom stereocenters. The minimum Gasteiger partial charge on any atom is -0.456 e. The number of aromatic nitrogens is 3. The van der Waals surface area contributed by atoms with Gasteiger partial charge in [0.25, 0.3) is 0 Å². The predicted octanol–water partition coefficient (Wildman–Crippen LogP) is 8.00. The Labute approximate surface area is 224 Å². The van der Waals surface area contributed by atoms with Crippen molar-refractivity contribution < 1.29 is 4.42 Å². The van der Waals surface area contributed by atoms with Crippen molar-refractivity contribution in [2.24, 2.45) is 0 Å². The largest absolute Gasteiger partial charge is 0.456 e. The molecule has 0 saturated carbocycles. The number of hydrogen-bond donors (Lipinski definition) is 1. The Bertz CT molecular complexity index is 2080. The first-order valence-electron chi connectivity index (χ1n) is 13.0. The Morgan fingerprint density at radius 1 is 0.615 bits per heavy atom. The smallest absolute Gasteiger partial charge is 0.164 e. The van der Waals surface area contributed by atoms with Crippen molar-refractivity contribution in [1.29, 1.82) is 0 Å². The molecule has 1 aliphatic heterocycles. The Kier molecular flexibility index (Phi) is 4.82. The molecule has 0 atom stereocenters. The fraction of sp³-hybridized carbons (Fsp3) is 0.0294. The van der Waals surface area contributed by atoms with E-state index in [1.54, 1.807) is 0 Å². The van der Waals surface area contributed by atoms with E-state index in [1.165, 1.54) is 16.5 Å². The summed E-state index contributed by atoms with van der Waals surface area (Å²) in [5.74, 6) is 1.90. The Morgan fingerprint density at radius 2 is 1.41 bits per heavy atom. The number of hydrogen-bond acceptors (Lipinski definition) is 5. The van der Waals surface area contributed by atoms with Crippen LogP contribution in [0.4, 0.5) is 0 Å². The molecule has 5 aromatic carbocycles. The number of benzene rings is 5. The lowest BCUT2D eigenvalue weighted by atomic mass is 9.99. The third-order valence-electron chi connectivity index (χ3n) is 7.35. The van der Waals surface area contributed by atoms with Crippen LogP contribution in [-0.4, -0.2) is 15.0 Å². The first-order chi connectivity index (χ1) is 19.3. The maximum Gasteiger partial charge on any atom is 0.164 e. The molecule has 1 aliphatic rings. The number of furan rings is 1. The van der Waals surface area contributed by atoms with Crippen molar-refractivity contribution >= 4 is 38.8 Å². The minimum absolute atomic E-state index is 0.621. The molecule has 8 rings (SSSR count). The lowest BCUT2D eigenvalue weighted by molar-refractivity contribution is 0.668. The maximum atomic E-state index is 6.33. The number of fused-ring (bicyclic) bond motifs is 5. The van der Waals surface area contributed by atoms with Gasteiger partial charge >= 0.3 is 0 Å². The van der Waals surface area contributed by atoms with E-state index in [1.807, 2.05) is 48.7 Å². The normalized spacial score (nSPS) is 12.6. The van der Waals surface area contributed by atoms with Crippen molar-refractivity contribution in [2.45, 2.75) is 6.54 Å². The van der Waals surface area contributed by atoms with E-state index in [9.17, 15) is 0 Å². The molecular weight excluding hydrogens is 480 g/mol.